The molecular weight excluding hydrogens is 224 g/mol. The third-order valence-corrected chi connectivity index (χ3v) is 3.86. The summed E-state index contributed by atoms with van der Waals surface area (Å²) in [5, 5.41) is 0. The van der Waals surface area contributed by atoms with Gasteiger partial charge < -0.3 is 14.2 Å². The molecule has 0 aromatic rings. The van der Waals surface area contributed by atoms with Crippen LogP contribution in [0.4, 0.5) is 0 Å². The zero-order valence-electron chi connectivity index (χ0n) is 9.76. The summed E-state index contributed by atoms with van der Waals surface area (Å²) in [4.78, 5) is 23.2. The van der Waals surface area contributed by atoms with Gasteiger partial charge in [0.2, 0.25) is 0 Å². The Morgan fingerprint density at radius 3 is 2.94 bits per heavy atom. The first-order valence-corrected chi connectivity index (χ1v) is 5.66. The van der Waals surface area contributed by atoms with Crippen molar-refractivity contribution in [2.75, 3.05) is 0 Å². The minimum absolute atomic E-state index is 0.232. The Bertz CT molecular complexity index is 429. The molecule has 0 aromatic carbocycles. The Morgan fingerprint density at radius 1 is 1.59 bits per heavy atom. The van der Waals surface area contributed by atoms with Gasteiger partial charge in [0.15, 0.2) is 12.2 Å². The van der Waals surface area contributed by atoms with Gasteiger partial charge in [-0.25, -0.2) is 4.79 Å². The van der Waals surface area contributed by atoms with Crippen molar-refractivity contribution < 1.29 is 23.8 Å². The highest BCUT2D eigenvalue weighted by molar-refractivity contribution is 5.87. The van der Waals surface area contributed by atoms with Gasteiger partial charge >= 0.3 is 11.9 Å². The van der Waals surface area contributed by atoms with Crippen molar-refractivity contribution in [3.05, 3.63) is 12.2 Å². The molecule has 3 aliphatic heterocycles. The van der Waals surface area contributed by atoms with E-state index in [1.807, 2.05) is 6.92 Å². The predicted molar refractivity (Wildman–Crippen MR) is 56.0 cm³/mol. The fourth-order valence-corrected chi connectivity index (χ4v) is 2.89. The monoisotopic (exact) mass is 238 g/mol. The Morgan fingerprint density at radius 2 is 2.29 bits per heavy atom. The van der Waals surface area contributed by atoms with Gasteiger partial charge in [-0.3, -0.25) is 4.79 Å². The van der Waals surface area contributed by atoms with Crippen molar-refractivity contribution in [1.82, 2.24) is 0 Å². The average molecular weight is 238 g/mol. The summed E-state index contributed by atoms with van der Waals surface area (Å²) in [6, 6.07) is 0. The van der Waals surface area contributed by atoms with E-state index in [-0.39, 0.29) is 18.2 Å². The summed E-state index contributed by atoms with van der Waals surface area (Å²) in [5.41, 5.74) is -0.221. The van der Waals surface area contributed by atoms with Gasteiger partial charge in [0.25, 0.3) is 0 Å². The van der Waals surface area contributed by atoms with E-state index in [9.17, 15) is 9.59 Å². The summed E-state index contributed by atoms with van der Waals surface area (Å²) < 4.78 is 16.2. The van der Waals surface area contributed by atoms with Crippen molar-refractivity contribution in [2.24, 2.45) is 5.41 Å². The Hall–Kier alpha value is -1.36. The summed E-state index contributed by atoms with van der Waals surface area (Å²) in [6.07, 6.45) is -0.882. The third-order valence-electron chi connectivity index (χ3n) is 3.86. The molecule has 0 N–H and O–H groups in total. The maximum Gasteiger partial charge on any atom is 0.333 e. The van der Waals surface area contributed by atoms with Gasteiger partial charge in [0.1, 0.15) is 12.2 Å². The van der Waals surface area contributed by atoms with Crippen LogP contribution in [0, 0.1) is 5.41 Å². The van der Waals surface area contributed by atoms with Crippen LogP contribution in [0.2, 0.25) is 0 Å². The first-order valence-electron chi connectivity index (χ1n) is 5.66. The lowest BCUT2D eigenvalue weighted by atomic mass is 9.76. The molecule has 5 heteroatoms. The first kappa shape index (κ1) is 10.8. The van der Waals surface area contributed by atoms with Crippen LogP contribution in [0.15, 0.2) is 12.2 Å². The van der Waals surface area contributed by atoms with Crippen LogP contribution in [0.5, 0.6) is 0 Å². The second-order valence-corrected chi connectivity index (χ2v) is 5.24. The number of carbonyl (C=O) groups is 2. The number of hydrogen-bond acceptors (Lipinski definition) is 5. The summed E-state index contributed by atoms with van der Waals surface area (Å²) in [7, 11) is 0. The molecular formula is C12H14O5. The highest BCUT2D eigenvalue weighted by Gasteiger charge is 2.71. The molecule has 0 amide bonds. The van der Waals surface area contributed by atoms with E-state index in [0.29, 0.717) is 12.0 Å². The average Bonchev–Trinajstić information content (AvgIpc) is 2.79. The largest absolute Gasteiger partial charge is 0.455 e. The molecule has 0 radical (unpaired) electrons. The summed E-state index contributed by atoms with van der Waals surface area (Å²) >= 11 is 0. The normalized spacial score (nSPS) is 45.9. The van der Waals surface area contributed by atoms with E-state index in [0.717, 1.165) is 0 Å². The van der Waals surface area contributed by atoms with Gasteiger partial charge in [-0.05, 0) is 20.3 Å². The molecule has 5 atom stereocenters. The molecule has 5 unspecified atom stereocenters. The van der Waals surface area contributed by atoms with Crippen molar-refractivity contribution in [2.45, 2.75) is 44.7 Å². The lowest BCUT2D eigenvalue weighted by Crippen LogP contribution is -2.43. The molecule has 0 aromatic heterocycles. The zero-order valence-corrected chi connectivity index (χ0v) is 9.76. The fraction of sp³-hybridized carbons (Fsp3) is 0.667. The smallest absolute Gasteiger partial charge is 0.333 e. The minimum Gasteiger partial charge on any atom is -0.455 e. The van der Waals surface area contributed by atoms with Crippen LogP contribution < -0.4 is 0 Å². The second kappa shape index (κ2) is 3.10. The van der Waals surface area contributed by atoms with Crippen LogP contribution in [-0.4, -0.2) is 36.4 Å². The molecule has 3 heterocycles. The predicted octanol–water partition coefficient (Wildman–Crippen LogP) is 0.577. The van der Waals surface area contributed by atoms with Gasteiger partial charge in [-0.15, -0.1) is 0 Å². The lowest BCUT2D eigenvalue weighted by molar-refractivity contribution is -0.157. The number of rotatable bonds is 2. The minimum atomic E-state index is -0.554. The van der Waals surface area contributed by atoms with Crippen molar-refractivity contribution in [1.29, 1.82) is 0 Å². The van der Waals surface area contributed by atoms with Crippen molar-refractivity contribution >= 4 is 11.9 Å². The van der Waals surface area contributed by atoms with Crippen LogP contribution in [0.3, 0.4) is 0 Å². The molecule has 92 valence electrons. The highest BCUT2D eigenvalue weighted by Crippen LogP contribution is 2.55. The van der Waals surface area contributed by atoms with Crippen LogP contribution in [0.1, 0.15) is 20.3 Å². The third kappa shape index (κ3) is 1.23. The van der Waals surface area contributed by atoms with Crippen LogP contribution in [-0.2, 0) is 23.8 Å². The second-order valence-electron chi connectivity index (χ2n) is 5.24. The van der Waals surface area contributed by atoms with Gasteiger partial charge in [-0.2, -0.15) is 0 Å². The van der Waals surface area contributed by atoms with E-state index in [1.54, 1.807) is 6.92 Å². The zero-order chi connectivity index (χ0) is 12.4. The molecule has 3 fully saturated rings. The fourth-order valence-electron chi connectivity index (χ4n) is 2.89. The molecule has 2 bridgehead atoms. The molecule has 3 aliphatic rings. The Labute approximate surface area is 98.7 Å². The number of esters is 2. The lowest BCUT2D eigenvalue weighted by Gasteiger charge is -2.25. The van der Waals surface area contributed by atoms with E-state index >= 15 is 0 Å². The molecule has 0 aliphatic carbocycles. The Kier molecular flexibility index (Phi) is 1.96. The van der Waals surface area contributed by atoms with E-state index in [2.05, 4.69) is 6.58 Å². The van der Waals surface area contributed by atoms with Gasteiger partial charge in [0, 0.05) is 5.57 Å². The number of fused-ring (bicyclic) bond motifs is 1. The van der Waals surface area contributed by atoms with Gasteiger partial charge in [0.05, 0.1) is 5.41 Å². The number of carbonyl (C=O) groups excluding carboxylic acids is 2. The standard InChI is InChI=1S/C12H14O5/c1-5(2)10(13)16-7-6-4-12(3)9(15-6)8(7)17-11(12)14/h6-9H,1,4H2,2-3H3. The van der Waals surface area contributed by atoms with Crippen LogP contribution >= 0.6 is 0 Å². The van der Waals surface area contributed by atoms with Crippen LogP contribution in [0.25, 0.3) is 0 Å². The van der Waals surface area contributed by atoms with E-state index in [1.165, 1.54) is 0 Å². The summed E-state index contributed by atoms with van der Waals surface area (Å²) in [6.45, 7) is 6.95. The molecule has 17 heavy (non-hydrogen) atoms. The van der Waals surface area contributed by atoms with Crippen molar-refractivity contribution in [3.8, 4) is 0 Å². The number of ether oxygens (including phenoxy) is 3. The topological polar surface area (TPSA) is 61.8 Å². The Balaban J connectivity index is 1.82. The number of hydrogen-bond donors (Lipinski definition) is 0. The maximum atomic E-state index is 11.7. The van der Waals surface area contributed by atoms with Gasteiger partial charge in [-0.1, -0.05) is 6.58 Å². The highest BCUT2D eigenvalue weighted by atomic mass is 16.7. The molecule has 3 saturated heterocycles. The van der Waals surface area contributed by atoms with E-state index in [4.69, 9.17) is 14.2 Å². The first-order chi connectivity index (χ1) is 7.93. The summed E-state index contributed by atoms with van der Waals surface area (Å²) in [5.74, 6) is -0.709. The maximum absolute atomic E-state index is 11.7. The SMILES string of the molecule is C=C(C)C(=O)OC1C2CC3(C)C(=O)OC1C3O2. The quantitative estimate of drug-likeness (QED) is 0.520. The molecule has 3 rings (SSSR count). The molecule has 0 spiro atoms. The molecule has 0 saturated carbocycles. The van der Waals surface area contributed by atoms with E-state index < -0.39 is 23.6 Å². The molecule has 5 nitrogen and oxygen atoms in total. The van der Waals surface area contributed by atoms with Crippen molar-refractivity contribution in [3.63, 3.8) is 0 Å².